The van der Waals surface area contributed by atoms with Crippen molar-refractivity contribution in [3.63, 3.8) is 0 Å². The Balaban J connectivity index is 2.20. The molecule has 1 aromatic heterocycles. The molecule has 0 saturated carbocycles. The fourth-order valence-corrected chi connectivity index (χ4v) is 1.61. The van der Waals surface area contributed by atoms with Gasteiger partial charge >= 0.3 is 0 Å². The van der Waals surface area contributed by atoms with Gasteiger partial charge in [-0.25, -0.2) is 0 Å². The fourth-order valence-electron chi connectivity index (χ4n) is 1.61. The minimum atomic E-state index is -0.322. The molecule has 0 aliphatic carbocycles. The first-order chi connectivity index (χ1) is 9.19. The zero-order valence-corrected chi connectivity index (χ0v) is 10.4. The summed E-state index contributed by atoms with van der Waals surface area (Å²) < 4.78 is 4.63. The first kappa shape index (κ1) is 12.9. The Labute approximate surface area is 110 Å². The number of nitrogens with one attached hydrogen (secondary N) is 1. The third-order valence-electron chi connectivity index (χ3n) is 2.34. The van der Waals surface area contributed by atoms with E-state index >= 15 is 0 Å². The van der Waals surface area contributed by atoms with Crippen molar-refractivity contribution in [2.75, 3.05) is 11.9 Å². The van der Waals surface area contributed by atoms with Crippen LogP contribution in [-0.4, -0.2) is 17.6 Å². The van der Waals surface area contributed by atoms with Gasteiger partial charge in [-0.15, -0.1) is 0 Å². The van der Waals surface area contributed by atoms with Crippen LogP contribution in [0.25, 0.3) is 0 Å². The largest absolute Gasteiger partial charge is 0.364 e. The lowest BCUT2D eigenvalue weighted by Crippen LogP contribution is -2.12. The molecule has 0 saturated heterocycles. The predicted octanol–water partition coefficient (Wildman–Crippen LogP) is 1.55. The molecule has 0 unspecified atom stereocenters. The number of amides is 1. The number of hydrogen-bond donors (Lipinski definition) is 2. The maximum atomic E-state index is 11.8. The smallest absolute Gasteiger partial charge is 0.277 e. The average molecular weight is 255 g/mol. The summed E-state index contributed by atoms with van der Waals surface area (Å²) in [5, 5.41) is 6.32. The molecule has 19 heavy (non-hydrogen) atoms. The van der Waals surface area contributed by atoms with Gasteiger partial charge in [0.1, 0.15) is 6.26 Å². The van der Waals surface area contributed by atoms with Crippen LogP contribution >= 0.6 is 0 Å². The molecular formula is C14H13N3O2. The fraction of sp³-hybridized carbons (Fsp3) is 0.143. The van der Waals surface area contributed by atoms with Crippen molar-refractivity contribution in [3.05, 3.63) is 47.3 Å². The zero-order valence-electron chi connectivity index (χ0n) is 10.4. The Morgan fingerprint density at radius 3 is 3.00 bits per heavy atom. The number of nitrogens with zero attached hydrogens (tertiary/aromatic N) is 1. The Morgan fingerprint density at radius 2 is 2.32 bits per heavy atom. The molecule has 1 heterocycles. The monoisotopic (exact) mass is 255 g/mol. The average Bonchev–Trinajstić information content (AvgIpc) is 2.89. The van der Waals surface area contributed by atoms with Gasteiger partial charge in [0, 0.05) is 17.3 Å². The van der Waals surface area contributed by atoms with Crippen molar-refractivity contribution < 1.29 is 9.32 Å². The Bertz CT molecular complexity index is 636. The van der Waals surface area contributed by atoms with Gasteiger partial charge in [-0.3, -0.25) is 4.79 Å². The summed E-state index contributed by atoms with van der Waals surface area (Å²) in [5.41, 5.74) is 8.03. The van der Waals surface area contributed by atoms with Crippen LogP contribution in [0.3, 0.4) is 0 Å². The van der Waals surface area contributed by atoms with Gasteiger partial charge in [0.2, 0.25) is 0 Å². The highest BCUT2D eigenvalue weighted by atomic mass is 16.5. The van der Waals surface area contributed by atoms with E-state index in [2.05, 4.69) is 26.8 Å². The van der Waals surface area contributed by atoms with E-state index in [1.165, 1.54) is 12.3 Å². The van der Waals surface area contributed by atoms with Crippen LogP contribution < -0.4 is 11.1 Å². The topological polar surface area (TPSA) is 81.1 Å². The second-order valence-corrected chi connectivity index (χ2v) is 3.93. The van der Waals surface area contributed by atoms with E-state index in [4.69, 9.17) is 5.73 Å². The number of rotatable bonds is 2. The predicted molar refractivity (Wildman–Crippen MR) is 71.6 cm³/mol. The third kappa shape index (κ3) is 3.44. The lowest BCUT2D eigenvalue weighted by molar-refractivity contribution is 0.101. The van der Waals surface area contributed by atoms with E-state index in [0.717, 1.165) is 11.1 Å². The Kier molecular flexibility index (Phi) is 3.96. The summed E-state index contributed by atoms with van der Waals surface area (Å²) in [6.07, 6.45) is 1.35. The number of anilines is 1. The summed E-state index contributed by atoms with van der Waals surface area (Å²) in [5.74, 6) is 5.39. The van der Waals surface area contributed by atoms with Crippen molar-refractivity contribution in [2.24, 2.45) is 5.73 Å². The van der Waals surface area contributed by atoms with Gasteiger partial charge in [0.25, 0.3) is 5.91 Å². The standard InChI is InChI=1S/C14H13N3O2/c1-10-7-11(3-2-5-15)9-12(8-10)16-14(18)13-4-6-19-17-13/h4,6-9H,5,15H2,1H3,(H,16,18). The second kappa shape index (κ2) is 5.85. The molecule has 3 N–H and O–H groups in total. The minimum Gasteiger partial charge on any atom is -0.364 e. The van der Waals surface area contributed by atoms with E-state index in [1.54, 1.807) is 6.07 Å². The maximum Gasteiger partial charge on any atom is 0.277 e. The molecule has 0 spiro atoms. The van der Waals surface area contributed by atoms with Crippen molar-refractivity contribution >= 4 is 11.6 Å². The first-order valence-electron chi connectivity index (χ1n) is 5.71. The molecule has 0 fully saturated rings. The van der Waals surface area contributed by atoms with Crippen molar-refractivity contribution in [1.29, 1.82) is 0 Å². The summed E-state index contributed by atoms with van der Waals surface area (Å²) in [4.78, 5) is 11.8. The highest BCUT2D eigenvalue weighted by Crippen LogP contribution is 2.14. The van der Waals surface area contributed by atoms with Crippen LogP contribution in [0.4, 0.5) is 5.69 Å². The molecule has 5 heteroatoms. The first-order valence-corrected chi connectivity index (χ1v) is 5.71. The maximum absolute atomic E-state index is 11.8. The molecule has 2 rings (SSSR count). The molecule has 1 aromatic carbocycles. The molecule has 5 nitrogen and oxygen atoms in total. The number of aromatic nitrogens is 1. The van der Waals surface area contributed by atoms with Crippen molar-refractivity contribution in [3.8, 4) is 11.8 Å². The van der Waals surface area contributed by atoms with Crippen LogP contribution in [0.1, 0.15) is 21.6 Å². The summed E-state index contributed by atoms with van der Waals surface area (Å²) in [6, 6.07) is 7.06. The van der Waals surface area contributed by atoms with Crippen LogP contribution in [0.2, 0.25) is 0 Å². The molecule has 0 aliphatic heterocycles. The van der Waals surface area contributed by atoms with Gasteiger partial charge in [-0.1, -0.05) is 17.0 Å². The molecule has 0 atom stereocenters. The third-order valence-corrected chi connectivity index (χ3v) is 2.34. The van der Waals surface area contributed by atoms with E-state index in [0.29, 0.717) is 12.2 Å². The Morgan fingerprint density at radius 1 is 1.47 bits per heavy atom. The normalized spacial score (nSPS) is 9.58. The summed E-state index contributed by atoms with van der Waals surface area (Å²) in [7, 11) is 0. The Hall–Kier alpha value is -2.58. The van der Waals surface area contributed by atoms with Crippen LogP contribution in [0, 0.1) is 18.8 Å². The van der Waals surface area contributed by atoms with E-state index in [9.17, 15) is 4.79 Å². The van der Waals surface area contributed by atoms with Crippen molar-refractivity contribution in [2.45, 2.75) is 6.92 Å². The number of hydrogen-bond acceptors (Lipinski definition) is 4. The number of benzene rings is 1. The van der Waals surface area contributed by atoms with Gasteiger partial charge in [-0.05, 0) is 30.7 Å². The van der Waals surface area contributed by atoms with Gasteiger partial charge in [0.05, 0.1) is 6.54 Å². The molecule has 0 aliphatic rings. The summed E-state index contributed by atoms with van der Waals surface area (Å²) in [6.45, 7) is 2.23. The van der Waals surface area contributed by atoms with Gasteiger partial charge in [0.15, 0.2) is 5.69 Å². The quantitative estimate of drug-likeness (QED) is 0.798. The second-order valence-electron chi connectivity index (χ2n) is 3.93. The lowest BCUT2D eigenvalue weighted by Gasteiger charge is -2.05. The number of carbonyl (C=O) groups excluding carboxylic acids is 1. The molecule has 96 valence electrons. The zero-order chi connectivity index (χ0) is 13.7. The molecular weight excluding hydrogens is 242 g/mol. The van der Waals surface area contributed by atoms with E-state index in [-0.39, 0.29) is 11.6 Å². The summed E-state index contributed by atoms with van der Waals surface area (Å²) >= 11 is 0. The van der Waals surface area contributed by atoms with Gasteiger partial charge in [-0.2, -0.15) is 0 Å². The van der Waals surface area contributed by atoms with Crippen LogP contribution in [-0.2, 0) is 0 Å². The van der Waals surface area contributed by atoms with Gasteiger partial charge < -0.3 is 15.6 Å². The van der Waals surface area contributed by atoms with E-state index < -0.39 is 0 Å². The number of carbonyl (C=O) groups is 1. The lowest BCUT2D eigenvalue weighted by atomic mass is 10.1. The van der Waals surface area contributed by atoms with Crippen LogP contribution in [0.15, 0.2) is 35.1 Å². The molecule has 0 bridgehead atoms. The molecule has 2 aromatic rings. The highest BCUT2D eigenvalue weighted by molar-refractivity contribution is 6.02. The number of aryl methyl sites for hydroxylation is 1. The molecule has 1 amide bonds. The molecule has 0 radical (unpaired) electrons. The van der Waals surface area contributed by atoms with Crippen LogP contribution in [0.5, 0.6) is 0 Å². The highest BCUT2D eigenvalue weighted by Gasteiger charge is 2.09. The minimum absolute atomic E-state index is 0.232. The van der Waals surface area contributed by atoms with Crippen molar-refractivity contribution in [1.82, 2.24) is 5.16 Å². The van der Waals surface area contributed by atoms with E-state index in [1.807, 2.05) is 19.1 Å². The number of nitrogens with two attached hydrogens (primary N) is 1. The SMILES string of the molecule is Cc1cc(C#CCN)cc(NC(=O)c2ccon2)c1.